The van der Waals surface area contributed by atoms with Crippen LogP contribution in [-0.2, 0) is 19.1 Å². The number of allylic oxidation sites excluding steroid dienone is 8. The van der Waals surface area contributed by atoms with Gasteiger partial charge in [0.1, 0.15) is 6.61 Å². The van der Waals surface area contributed by atoms with Crippen molar-refractivity contribution in [3.8, 4) is 0 Å². The minimum atomic E-state index is -0.796. The van der Waals surface area contributed by atoms with Gasteiger partial charge in [0.25, 0.3) is 0 Å². The lowest BCUT2D eigenvalue weighted by atomic mass is 10.1. The highest BCUT2D eigenvalue weighted by atomic mass is 16.6. The molecule has 41 heavy (non-hydrogen) atoms. The van der Waals surface area contributed by atoms with Gasteiger partial charge in [-0.05, 0) is 51.4 Å². The fourth-order valence-corrected chi connectivity index (χ4v) is 4.31. The fraction of sp³-hybridized carbons (Fsp3) is 0.722. The van der Waals surface area contributed by atoms with Crippen molar-refractivity contribution in [3.05, 3.63) is 48.6 Å². The smallest absolute Gasteiger partial charge is 0.306 e. The van der Waals surface area contributed by atoms with Gasteiger partial charge < -0.3 is 14.6 Å². The highest BCUT2D eigenvalue weighted by molar-refractivity contribution is 5.70. The summed E-state index contributed by atoms with van der Waals surface area (Å²) in [6.45, 7) is 4.02. The first-order valence-corrected chi connectivity index (χ1v) is 16.7. The first-order valence-electron chi connectivity index (χ1n) is 16.7. The molecule has 5 nitrogen and oxygen atoms in total. The zero-order valence-corrected chi connectivity index (χ0v) is 26.5. The molecule has 0 saturated heterocycles. The van der Waals surface area contributed by atoms with E-state index < -0.39 is 6.10 Å². The van der Waals surface area contributed by atoms with Crippen molar-refractivity contribution in [3.63, 3.8) is 0 Å². The van der Waals surface area contributed by atoms with E-state index in [9.17, 15) is 14.7 Å². The average molecular weight is 575 g/mol. The lowest BCUT2D eigenvalue weighted by Gasteiger charge is -2.15. The second-order valence-corrected chi connectivity index (χ2v) is 10.9. The molecule has 0 saturated carbocycles. The summed E-state index contributed by atoms with van der Waals surface area (Å²) in [5, 5.41) is 9.48. The average Bonchev–Trinajstić information content (AvgIpc) is 2.97. The summed E-state index contributed by atoms with van der Waals surface area (Å²) < 4.78 is 10.5. The van der Waals surface area contributed by atoms with E-state index in [1.807, 2.05) is 0 Å². The summed E-state index contributed by atoms with van der Waals surface area (Å²) in [6, 6.07) is 0. The molecule has 236 valence electrons. The number of hydrogen-bond donors (Lipinski definition) is 1. The molecule has 0 rings (SSSR count). The van der Waals surface area contributed by atoms with Gasteiger partial charge in [-0.1, -0.05) is 133 Å². The Balaban J connectivity index is 3.72. The summed E-state index contributed by atoms with van der Waals surface area (Å²) in [5.41, 5.74) is 0. The molecule has 0 aliphatic rings. The minimum absolute atomic E-state index is 0.0873. The van der Waals surface area contributed by atoms with Gasteiger partial charge in [0.2, 0.25) is 0 Å². The number of aliphatic hydroxyl groups is 1. The molecule has 0 fully saturated rings. The fourth-order valence-electron chi connectivity index (χ4n) is 4.31. The van der Waals surface area contributed by atoms with Gasteiger partial charge in [0, 0.05) is 12.8 Å². The van der Waals surface area contributed by atoms with Gasteiger partial charge in [-0.15, -0.1) is 0 Å². The monoisotopic (exact) mass is 574 g/mol. The van der Waals surface area contributed by atoms with Gasteiger partial charge in [0.15, 0.2) is 6.10 Å². The molecule has 0 heterocycles. The van der Waals surface area contributed by atoms with Crippen molar-refractivity contribution in [2.24, 2.45) is 0 Å². The summed E-state index contributed by atoms with van der Waals surface area (Å²) in [4.78, 5) is 24.0. The van der Waals surface area contributed by atoms with Gasteiger partial charge in [0.05, 0.1) is 6.61 Å². The molecule has 0 aromatic carbocycles. The number of rotatable bonds is 29. The van der Waals surface area contributed by atoms with Crippen LogP contribution in [0.1, 0.15) is 149 Å². The summed E-state index contributed by atoms with van der Waals surface area (Å²) >= 11 is 0. The second kappa shape index (κ2) is 32.4. The number of aliphatic hydroxyl groups excluding tert-OH is 1. The molecule has 0 bridgehead atoms. The van der Waals surface area contributed by atoms with Crippen LogP contribution in [0.2, 0.25) is 0 Å². The molecule has 0 aliphatic carbocycles. The Bertz CT molecular complexity index is 707. The van der Waals surface area contributed by atoms with Crippen LogP contribution in [0.5, 0.6) is 0 Å². The number of hydrogen-bond acceptors (Lipinski definition) is 5. The number of esters is 2. The van der Waals surface area contributed by atoms with Gasteiger partial charge in [-0.3, -0.25) is 9.59 Å². The van der Waals surface area contributed by atoms with Crippen molar-refractivity contribution in [1.82, 2.24) is 0 Å². The number of ether oxygens (including phenoxy) is 2. The Morgan fingerprint density at radius 3 is 1.54 bits per heavy atom. The topological polar surface area (TPSA) is 72.8 Å². The van der Waals surface area contributed by atoms with Crippen LogP contribution < -0.4 is 0 Å². The van der Waals surface area contributed by atoms with Crippen LogP contribution in [0, 0.1) is 0 Å². The van der Waals surface area contributed by atoms with Crippen LogP contribution >= 0.6 is 0 Å². The molecule has 5 heteroatoms. The first kappa shape index (κ1) is 38.9. The lowest BCUT2D eigenvalue weighted by Crippen LogP contribution is -2.28. The molecule has 0 aromatic rings. The molecule has 0 amide bonds. The first-order chi connectivity index (χ1) is 20.1. The van der Waals surface area contributed by atoms with E-state index in [0.717, 1.165) is 44.9 Å². The molecule has 0 aliphatic heterocycles. The Morgan fingerprint density at radius 1 is 0.561 bits per heavy atom. The van der Waals surface area contributed by atoms with E-state index in [1.54, 1.807) is 0 Å². The van der Waals surface area contributed by atoms with Crippen molar-refractivity contribution >= 4 is 11.9 Å². The number of carbonyl (C=O) groups excluding carboxylic acids is 2. The number of unbranched alkanes of at least 4 members (excludes halogenated alkanes) is 13. The van der Waals surface area contributed by atoms with E-state index in [4.69, 9.17) is 9.47 Å². The lowest BCUT2D eigenvalue weighted by molar-refractivity contribution is -0.161. The quantitative estimate of drug-likeness (QED) is 0.0547. The highest BCUT2D eigenvalue weighted by Gasteiger charge is 2.15. The Hall–Kier alpha value is -2.14. The van der Waals surface area contributed by atoms with Crippen LogP contribution in [-0.4, -0.2) is 36.4 Å². The van der Waals surface area contributed by atoms with Crippen LogP contribution in [0.3, 0.4) is 0 Å². The standard InChI is InChI=1S/C36H62O5/c1-3-5-7-9-11-13-15-16-17-18-19-20-21-23-25-27-29-31-36(39)41-34(32-37)33-40-35(38)30-28-26-24-22-14-12-10-8-6-4-2/h11,13,16-17,19-20,23,25,34,37H,3-10,12,14-15,18,21-22,24,26-33H2,1-2H3/b13-11-,17-16-,20-19-,25-23-/t34-/m0/s1. The SMILES string of the molecule is CCCCC/C=C\C/C=C\C/C=C\C/C=C\CCCC(=O)O[C@@H](CO)COC(=O)CCCCCCCCCCCC. The molecule has 0 aromatic heterocycles. The molecule has 0 radical (unpaired) electrons. The van der Waals surface area contributed by atoms with Crippen LogP contribution in [0.4, 0.5) is 0 Å². The zero-order valence-electron chi connectivity index (χ0n) is 26.5. The molecule has 0 unspecified atom stereocenters. The summed E-state index contributed by atoms with van der Waals surface area (Å²) in [6.07, 6.45) is 38.8. The van der Waals surface area contributed by atoms with Gasteiger partial charge in [-0.2, -0.15) is 0 Å². The third kappa shape index (κ3) is 30.6. The third-order valence-corrected chi connectivity index (χ3v) is 6.88. The normalized spacial score (nSPS) is 12.8. The Kier molecular flexibility index (Phi) is 30.7. The minimum Gasteiger partial charge on any atom is -0.462 e. The maximum absolute atomic E-state index is 12.1. The van der Waals surface area contributed by atoms with Crippen molar-refractivity contribution in [2.45, 2.75) is 155 Å². The predicted molar refractivity (Wildman–Crippen MR) is 173 cm³/mol. The Morgan fingerprint density at radius 2 is 1.00 bits per heavy atom. The molecular formula is C36H62O5. The van der Waals surface area contributed by atoms with E-state index in [1.165, 1.54) is 70.6 Å². The maximum atomic E-state index is 12.1. The van der Waals surface area contributed by atoms with E-state index in [2.05, 4.69) is 62.5 Å². The largest absolute Gasteiger partial charge is 0.462 e. The number of carbonyl (C=O) groups is 2. The third-order valence-electron chi connectivity index (χ3n) is 6.88. The van der Waals surface area contributed by atoms with Crippen LogP contribution in [0.15, 0.2) is 48.6 Å². The molecule has 1 N–H and O–H groups in total. The highest BCUT2D eigenvalue weighted by Crippen LogP contribution is 2.12. The van der Waals surface area contributed by atoms with Crippen molar-refractivity contribution < 1.29 is 24.2 Å². The molecular weight excluding hydrogens is 512 g/mol. The maximum Gasteiger partial charge on any atom is 0.306 e. The van der Waals surface area contributed by atoms with Crippen LogP contribution in [0.25, 0.3) is 0 Å². The summed E-state index contributed by atoms with van der Waals surface area (Å²) in [7, 11) is 0. The van der Waals surface area contributed by atoms with Gasteiger partial charge >= 0.3 is 11.9 Å². The Labute approximate surface area is 252 Å². The van der Waals surface area contributed by atoms with Gasteiger partial charge in [-0.25, -0.2) is 0 Å². The zero-order chi connectivity index (χ0) is 30.1. The van der Waals surface area contributed by atoms with E-state index >= 15 is 0 Å². The molecule has 1 atom stereocenters. The molecule has 0 spiro atoms. The second-order valence-electron chi connectivity index (χ2n) is 10.9. The van der Waals surface area contributed by atoms with E-state index in [0.29, 0.717) is 12.8 Å². The van der Waals surface area contributed by atoms with Crippen molar-refractivity contribution in [1.29, 1.82) is 0 Å². The van der Waals surface area contributed by atoms with E-state index in [-0.39, 0.29) is 31.6 Å². The predicted octanol–water partition coefficient (Wildman–Crippen LogP) is 9.89. The van der Waals surface area contributed by atoms with Crippen molar-refractivity contribution in [2.75, 3.05) is 13.2 Å². The summed E-state index contributed by atoms with van der Waals surface area (Å²) in [5.74, 6) is -0.662.